The van der Waals surface area contributed by atoms with Crippen LogP contribution in [-0.2, 0) is 9.53 Å². The van der Waals surface area contributed by atoms with Crippen molar-refractivity contribution in [1.82, 2.24) is 0 Å². The van der Waals surface area contributed by atoms with E-state index in [1.165, 1.54) is 37.7 Å². The molecule has 1 fully saturated rings. The predicted molar refractivity (Wildman–Crippen MR) is 89.4 cm³/mol. The standard InChI is InChI=1S/C16H22O3S2/c1-18-12-7-3-4-8-13(12)21-15-10-6-5-9-14(15)20-11-16(17)19-2/h3-4,7-8,14-15H,5-6,9-11H2,1-2H3. The molecule has 0 aromatic heterocycles. The van der Waals surface area contributed by atoms with Crippen molar-refractivity contribution in [3.63, 3.8) is 0 Å². The average molecular weight is 326 g/mol. The van der Waals surface area contributed by atoms with Gasteiger partial charge in [-0.25, -0.2) is 0 Å². The Labute approximate surface area is 135 Å². The quantitative estimate of drug-likeness (QED) is 0.738. The molecule has 3 nitrogen and oxygen atoms in total. The van der Waals surface area contributed by atoms with Crippen LogP contribution in [0.2, 0.25) is 0 Å². The molecule has 2 rings (SSSR count). The van der Waals surface area contributed by atoms with Crippen molar-refractivity contribution in [3.8, 4) is 5.75 Å². The summed E-state index contributed by atoms with van der Waals surface area (Å²) in [5.41, 5.74) is 0. The van der Waals surface area contributed by atoms with Crippen molar-refractivity contribution in [3.05, 3.63) is 24.3 Å². The highest BCUT2D eigenvalue weighted by atomic mass is 32.2. The minimum atomic E-state index is -0.133. The molecule has 1 aromatic rings. The molecule has 0 spiro atoms. The van der Waals surface area contributed by atoms with Gasteiger partial charge < -0.3 is 9.47 Å². The van der Waals surface area contributed by atoms with E-state index in [1.807, 2.05) is 30.0 Å². The summed E-state index contributed by atoms with van der Waals surface area (Å²) >= 11 is 3.62. The summed E-state index contributed by atoms with van der Waals surface area (Å²) in [5, 5.41) is 1.04. The molecule has 1 aliphatic rings. The lowest BCUT2D eigenvalue weighted by Crippen LogP contribution is -2.25. The van der Waals surface area contributed by atoms with Crippen LogP contribution in [0.1, 0.15) is 25.7 Å². The first-order chi connectivity index (χ1) is 10.2. The summed E-state index contributed by atoms with van der Waals surface area (Å²) in [6, 6.07) is 8.15. The Bertz CT molecular complexity index is 465. The van der Waals surface area contributed by atoms with Gasteiger partial charge in [-0.2, -0.15) is 0 Å². The Morgan fingerprint density at radius 3 is 2.62 bits per heavy atom. The molecular weight excluding hydrogens is 304 g/mol. The van der Waals surface area contributed by atoms with Gasteiger partial charge in [0.2, 0.25) is 0 Å². The number of hydrogen-bond donors (Lipinski definition) is 0. The molecular formula is C16H22O3S2. The van der Waals surface area contributed by atoms with Crippen LogP contribution in [0, 0.1) is 0 Å². The van der Waals surface area contributed by atoms with Gasteiger partial charge in [-0.1, -0.05) is 25.0 Å². The summed E-state index contributed by atoms with van der Waals surface area (Å²) in [6.45, 7) is 0. The van der Waals surface area contributed by atoms with E-state index in [9.17, 15) is 4.79 Å². The first-order valence-electron chi connectivity index (χ1n) is 7.22. The normalized spacial score (nSPS) is 21.8. The van der Waals surface area contributed by atoms with Crippen molar-refractivity contribution in [2.24, 2.45) is 0 Å². The fraction of sp³-hybridized carbons (Fsp3) is 0.562. The number of benzene rings is 1. The van der Waals surface area contributed by atoms with Gasteiger partial charge in [0.05, 0.1) is 20.0 Å². The summed E-state index contributed by atoms with van der Waals surface area (Å²) in [4.78, 5) is 12.5. The molecule has 0 radical (unpaired) electrons. The van der Waals surface area contributed by atoms with E-state index in [0.29, 0.717) is 16.3 Å². The number of carbonyl (C=O) groups excluding carboxylic acids is 1. The maximum atomic E-state index is 11.4. The van der Waals surface area contributed by atoms with Crippen molar-refractivity contribution >= 4 is 29.5 Å². The molecule has 116 valence electrons. The van der Waals surface area contributed by atoms with Crippen LogP contribution in [0.15, 0.2) is 29.2 Å². The van der Waals surface area contributed by atoms with Gasteiger partial charge in [0.15, 0.2) is 0 Å². The number of hydrogen-bond acceptors (Lipinski definition) is 5. The zero-order chi connectivity index (χ0) is 15.1. The van der Waals surface area contributed by atoms with E-state index < -0.39 is 0 Å². The third-order valence-corrected chi connectivity index (χ3v) is 6.66. The number of para-hydroxylation sites is 1. The fourth-order valence-corrected chi connectivity index (χ4v) is 5.38. The Morgan fingerprint density at radius 2 is 1.90 bits per heavy atom. The largest absolute Gasteiger partial charge is 0.496 e. The highest BCUT2D eigenvalue weighted by molar-refractivity contribution is 8.04. The molecule has 1 aliphatic carbocycles. The van der Waals surface area contributed by atoms with E-state index in [1.54, 1.807) is 18.9 Å². The zero-order valence-electron chi connectivity index (χ0n) is 12.5. The van der Waals surface area contributed by atoms with E-state index in [2.05, 4.69) is 6.07 Å². The number of thioether (sulfide) groups is 2. The van der Waals surface area contributed by atoms with Gasteiger partial charge in [0.1, 0.15) is 5.75 Å². The number of methoxy groups -OCH3 is 2. The van der Waals surface area contributed by atoms with Crippen LogP contribution in [-0.4, -0.2) is 36.4 Å². The van der Waals surface area contributed by atoms with Crippen LogP contribution in [0.25, 0.3) is 0 Å². The first kappa shape index (κ1) is 16.6. The van der Waals surface area contributed by atoms with Gasteiger partial charge in [0, 0.05) is 15.4 Å². The minimum Gasteiger partial charge on any atom is -0.496 e. The van der Waals surface area contributed by atoms with Crippen molar-refractivity contribution < 1.29 is 14.3 Å². The number of carbonyl (C=O) groups is 1. The second-order valence-electron chi connectivity index (χ2n) is 5.02. The van der Waals surface area contributed by atoms with Gasteiger partial charge in [-0.3, -0.25) is 4.79 Å². The summed E-state index contributed by atoms with van der Waals surface area (Å²) in [7, 11) is 3.16. The van der Waals surface area contributed by atoms with Crippen molar-refractivity contribution in [1.29, 1.82) is 0 Å². The SMILES string of the molecule is COC(=O)CSC1CCCCC1Sc1ccccc1OC. The zero-order valence-corrected chi connectivity index (χ0v) is 14.2. The second-order valence-corrected chi connectivity index (χ2v) is 7.53. The molecule has 2 unspecified atom stereocenters. The molecule has 0 heterocycles. The highest BCUT2D eigenvalue weighted by Crippen LogP contribution is 2.42. The van der Waals surface area contributed by atoms with Crippen LogP contribution in [0.3, 0.4) is 0 Å². The molecule has 0 saturated heterocycles. The average Bonchev–Trinajstić information content (AvgIpc) is 2.54. The van der Waals surface area contributed by atoms with Crippen LogP contribution in [0.4, 0.5) is 0 Å². The monoisotopic (exact) mass is 326 g/mol. The maximum Gasteiger partial charge on any atom is 0.315 e. The number of rotatable bonds is 6. The van der Waals surface area contributed by atoms with E-state index in [-0.39, 0.29) is 5.97 Å². The summed E-state index contributed by atoms with van der Waals surface area (Å²) in [5.74, 6) is 1.25. The molecule has 0 aliphatic heterocycles. The molecule has 5 heteroatoms. The number of ether oxygens (including phenoxy) is 2. The molecule has 0 N–H and O–H groups in total. The van der Waals surface area contributed by atoms with Crippen molar-refractivity contribution in [2.75, 3.05) is 20.0 Å². The Morgan fingerprint density at radius 1 is 1.19 bits per heavy atom. The Kier molecular flexibility index (Phi) is 6.77. The van der Waals surface area contributed by atoms with E-state index in [0.717, 1.165) is 5.75 Å². The first-order valence-corrected chi connectivity index (χ1v) is 9.15. The van der Waals surface area contributed by atoms with Gasteiger partial charge in [-0.15, -0.1) is 23.5 Å². The Hall–Kier alpha value is -0.810. The lowest BCUT2D eigenvalue weighted by Gasteiger charge is -2.30. The minimum absolute atomic E-state index is 0.133. The van der Waals surface area contributed by atoms with Gasteiger partial charge in [0.25, 0.3) is 0 Å². The third kappa shape index (κ3) is 4.85. The van der Waals surface area contributed by atoms with Crippen LogP contribution >= 0.6 is 23.5 Å². The third-order valence-electron chi connectivity index (χ3n) is 3.63. The van der Waals surface area contributed by atoms with Crippen LogP contribution < -0.4 is 4.74 Å². The molecule has 21 heavy (non-hydrogen) atoms. The molecule has 2 atom stereocenters. The molecule has 1 aromatic carbocycles. The molecule has 0 bridgehead atoms. The predicted octanol–water partition coefficient (Wildman–Crippen LogP) is 4.00. The number of esters is 1. The smallest absolute Gasteiger partial charge is 0.315 e. The van der Waals surface area contributed by atoms with E-state index in [4.69, 9.17) is 9.47 Å². The summed E-state index contributed by atoms with van der Waals surface area (Å²) < 4.78 is 10.2. The Balaban J connectivity index is 1.99. The topological polar surface area (TPSA) is 35.5 Å². The summed E-state index contributed by atoms with van der Waals surface area (Å²) in [6.07, 6.45) is 4.89. The second kappa shape index (κ2) is 8.59. The van der Waals surface area contributed by atoms with Gasteiger partial charge >= 0.3 is 5.97 Å². The van der Waals surface area contributed by atoms with Crippen LogP contribution in [0.5, 0.6) is 5.75 Å². The molecule has 0 amide bonds. The maximum absolute atomic E-state index is 11.4. The molecule has 1 saturated carbocycles. The fourth-order valence-electron chi connectivity index (χ4n) is 2.50. The van der Waals surface area contributed by atoms with E-state index >= 15 is 0 Å². The lowest BCUT2D eigenvalue weighted by molar-refractivity contribution is -0.137. The highest BCUT2D eigenvalue weighted by Gasteiger charge is 2.27. The lowest BCUT2D eigenvalue weighted by atomic mass is 10.00. The van der Waals surface area contributed by atoms with Crippen molar-refractivity contribution in [2.45, 2.75) is 41.1 Å². The van der Waals surface area contributed by atoms with Gasteiger partial charge in [-0.05, 0) is 25.0 Å².